The SMILES string of the molecule is C[C@H](c1ccccc1)N1C(=O)/C(=C2\C=CC=CN2C)SC1=S. The van der Waals surface area contributed by atoms with Crippen LogP contribution in [-0.2, 0) is 4.79 Å². The molecule has 1 saturated heterocycles. The van der Waals surface area contributed by atoms with Gasteiger partial charge in [-0.1, -0.05) is 60.4 Å². The van der Waals surface area contributed by atoms with E-state index >= 15 is 0 Å². The number of hydrogen-bond donors (Lipinski definition) is 0. The van der Waals surface area contributed by atoms with E-state index < -0.39 is 0 Å². The maximum Gasteiger partial charge on any atom is 0.268 e. The zero-order valence-electron chi connectivity index (χ0n) is 12.4. The highest BCUT2D eigenvalue weighted by Crippen LogP contribution is 2.39. The third kappa shape index (κ3) is 2.62. The van der Waals surface area contributed by atoms with Crippen LogP contribution >= 0.6 is 24.0 Å². The summed E-state index contributed by atoms with van der Waals surface area (Å²) in [6.07, 6.45) is 7.75. The van der Waals surface area contributed by atoms with Gasteiger partial charge >= 0.3 is 0 Å². The van der Waals surface area contributed by atoms with Crippen molar-refractivity contribution >= 4 is 34.2 Å². The Kier molecular flexibility index (Phi) is 4.18. The van der Waals surface area contributed by atoms with Crippen LogP contribution in [0, 0.1) is 0 Å². The van der Waals surface area contributed by atoms with Gasteiger partial charge in [-0.15, -0.1) is 0 Å². The van der Waals surface area contributed by atoms with Crippen molar-refractivity contribution in [3.63, 3.8) is 0 Å². The quantitative estimate of drug-likeness (QED) is 0.608. The van der Waals surface area contributed by atoms with Crippen LogP contribution in [0.15, 0.2) is 65.4 Å². The summed E-state index contributed by atoms with van der Waals surface area (Å²) in [7, 11) is 1.93. The summed E-state index contributed by atoms with van der Waals surface area (Å²) in [5.41, 5.74) is 1.97. The largest absolute Gasteiger partial charge is 0.350 e. The maximum absolute atomic E-state index is 12.9. The molecule has 5 heteroatoms. The predicted molar refractivity (Wildman–Crippen MR) is 95.0 cm³/mol. The van der Waals surface area contributed by atoms with Gasteiger partial charge in [0.05, 0.1) is 11.7 Å². The number of carbonyl (C=O) groups is 1. The first-order chi connectivity index (χ1) is 10.6. The van der Waals surface area contributed by atoms with Crippen LogP contribution in [0.25, 0.3) is 0 Å². The smallest absolute Gasteiger partial charge is 0.268 e. The van der Waals surface area contributed by atoms with Crippen LogP contribution in [0.1, 0.15) is 18.5 Å². The number of benzene rings is 1. The number of amides is 1. The van der Waals surface area contributed by atoms with Gasteiger partial charge in [0.15, 0.2) is 0 Å². The Bertz CT molecular complexity index is 707. The number of thioether (sulfide) groups is 1. The molecule has 3 nitrogen and oxygen atoms in total. The lowest BCUT2D eigenvalue weighted by atomic mass is 10.1. The number of thiocarbonyl (C=S) groups is 1. The topological polar surface area (TPSA) is 23.6 Å². The molecule has 2 aliphatic heterocycles. The Hall–Kier alpha value is -1.85. The monoisotopic (exact) mass is 328 g/mol. The maximum atomic E-state index is 12.9. The van der Waals surface area contributed by atoms with Gasteiger partial charge in [-0.2, -0.15) is 0 Å². The molecule has 3 rings (SSSR count). The molecule has 1 aromatic rings. The van der Waals surface area contributed by atoms with Gasteiger partial charge in [0, 0.05) is 13.2 Å². The summed E-state index contributed by atoms with van der Waals surface area (Å²) in [6, 6.07) is 9.89. The van der Waals surface area contributed by atoms with Crippen LogP contribution in [0.2, 0.25) is 0 Å². The van der Waals surface area contributed by atoms with Crippen molar-refractivity contribution < 1.29 is 4.79 Å². The standard InChI is InChI=1S/C17H16N2OS2/c1-12(13-8-4-3-5-9-13)19-16(20)15(22-17(19)21)14-10-6-7-11-18(14)2/h3-12H,1-2H3/b15-14-/t12-/m1/s1. The second-order valence-electron chi connectivity index (χ2n) is 5.16. The van der Waals surface area contributed by atoms with E-state index in [-0.39, 0.29) is 11.9 Å². The van der Waals surface area contributed by atoms with E-state index in [0.717, 1.165) is 11.3 Å². The fourth-order valence-corrected chi connectivity index (χ4v) is 4.02. The minimum absolute atomic E-state index is 0.0202. The van der Waals surface area contributed by atoms with Gasteiger partial charge < -0.3 is 4.90 Å². The highest BCUT2D eigenvalue weighted by Gasteiger charge is 2.38. The number of nitrogens with zero attached hydrogens (tertiary/aromatic N) is 2. The van der Waals surface area contributed by atoms with E-state index in [9.17, 15) is 4.79 Å². The van der Waals surface area contributed by atoms with Gasteiger partial charge in [0.25, 0.3) is 5.91 Å². The zero-order chi connectivity index (χ0) is 15.7. The zero-order valence-corrected chi connectivity index (χ0v) is 14.0. The summed E-state index contributed by atoms with van der Waals surface area (Å²) < 4.78 is 0.611. The van der Waals surface area contributed by atoms with Crippen molar-refractivity contribution in [3.8, 4) is 0 Å². The van der Waals surface area contributed by atoms with Crippen LogP contribution in [0.3, 0.4) is 0 Å². The molecular weight excluding hydrogens is 312 g/mol. The van der Waals surface area contributed by atoms with Crippen molar-refractivity contribution in [2.75, 3.05) is 7.05 Å². The average Bonchev–Trinajstić information content (AvgIpc) is 2.83. The van der Waals surface area contributed by atoms with Crippen LogP contribution < -0.4 is 0 Å². The van der Waals surface area contributed by atoms with E-state index in [2.05, 4.69) is 0 Å². The molecule has 0 spiro atoms. The molecule has 1 fully saturated rings. The van der Waals surface area contributed by atoms with E-state index in [0.29, 0.717) is 9.23 Å². The second-order valence-corrected chi connectivity index (χ2v) is 6.80. The number of likely N-dealkylation sites (N-methyl/N-ethyl adjacent to an activating group) is 1. The van der Waals surface area contributed by atoms with Gasteiger partial charge in [0.1, 0.15) is 9.23 Å². The molecule has 0 radical (unpaired) electrons. The minimum Gasteiger partial charge on any atom is -0.350 e. The van der Waals surface area contributed by atoms with Crippen molar-refractivity contribution in [2.45, 2.75) is 13.0 Å². The molecule has 112 valence electrons. The average molecular weight is 328 g/mol. The van der Waals surface area contributed by atoms with E-state index in [4.69, 9.17) is 12.2 Å². The van der Waals surface area contributed by atoms with Crippen molar-refractivity contribution in [3.05, 3.63) is 70.9 Å². The Morgan fingerprint density at radius 1 is 1.18 bits per heavy atom. The first kappa shape index (κ1) is 15.1. The molecule has 2 heterocycles. The van der Waals surface area contributed by atoms with Crippen molar-refractivity contribution in [2.24, 2.45) is 0 Å². The van der Waals surface area contributed by atoms with Crippen LogP contribution in [0.4, 0.5) is 0 Å². The highest BCUT2D eigenvalue weighted by molar-refractivity contribution is 8.26. The van der Waals surface area contributed by atoms with Crippen LogP contribution in [0.5, 0.6) is 0 Å². The highest BCUT2D eigenvalue weighted by atomic mass is 32.2. The fourth-order valence-electron chi connectivity index (χ4n) is 2.51. The summed E-state index contributed by atoms with van der Waals surface area (Å²) in [4.78, 5) is 17.2. The first-order valence-electron chi connectivity index (χ1n) is 7.02. The third-order valence-electron chi connectivity index (χ3n) is 3.76. The second kappa shape index (κ2) is 6.10. The molecule has 0 bridgehead atoms. The van der Waals surface area contributed by atoms with Crippen LogP contribution in [-0.4, -0.2) is 27.1 Å². The van der Waals surface area contributed by atoms with Gasteiger partial charge in [-0.05, 0) is 24.6 Å². The Labute approximate surface area is 140 Å². The van der Waals surface area contributed by atoms with E-state index in [1.807, 2.05) is 73.6 Å². The number of allylic oxidation sites excluding steroid dienone is 3. The molecule has 1 aromatic carbocycles. The molecule has 0 unspecified atom stereocenters. The summed E-state index contributed by atoms with van der Waals surface area (Å²) >= 11 is 6.83. The molecule has 0 saturated carbocycles. The minimum atomic E-state index is -0.0692. The summed E-state index contributed by atoms with van der Waals surface area (Å²) in [6.45, 7) is 2.01. The Balaban J connectivity index is 1.94. The number of carbonyl (C=O) groups excluding carboxylic acids is 1. The Morgan fingerprint density at radius 3 is 2.59 bits per heavy atom. The lowest BCUT2D eigenvalue weighted by Gasteiger charge is -2.24. The number of hydrogen-bond acceptors (Lipinski definition) is 4. The molecule has 1 atom stereocenters. The lowest BCUT2D eigenvalue weighted by molar-refractivity contribution is -0.123. The Morgan fingerprint density at radius 2 is 1.91 bits per heavy atom. The molecule has 2 aliphatic rings. The normalized spacial score (nSPS) is 22.6. The number of rotatable bonds is 2. The van der Waals surface area contributed by atoms with Crippen molar-refractivity contribution in [1.29, 1.82) is 0 Å². The molecule has 1 amide bonds. The van der Waals surface area contributed by atoms with Gasteiger partial charge in [-0.25, -0.2) is 0 Å². The molecule has 0 N–H and O–H groups in total. The lowest BCUT2D eigenvalue weighted by Crippen LogP contribution is -2.31. The summed E-state index contributed by atoms with van der Waals surface area (Å²) in [5, 5.41) is 0. The van der Waals surface area contributed by atoms with Gasteiger partial charge in [-0.3, -0.25) is 9.69 Å². The predicted octanol–water partition coefficient (Wildman–Crippen LogP) is 3.83. The summed E-state index contributed by atoms with van der Waals surface area (Å²) in [5.74, 6) is -0.0202. The molecular formula is C17H16N2OS2. The molecule has 22 heavy (non-hydrogen) atoms. The van der Waals surface area contributed by atoms with E-state index in [1.54, 1.807) is 4.90 Å². The third-order valence-corrected chi connectivity index (χ3v) is 5.16. The van der Waals surface area contributed by atoms with Crippen molar-refractivity contribution in [1.82, 2.24) is 9.80 Å². The molecule has 0 aromatic heterocycles. The van der Waals surface area contributed by atoms with Gasteiger partial charge in [0.2, 0.25) is 0 Å². The molecule has 0 aliphatic carbocycles. The van der Waals surface area contributed by atoms with E-state index in [1.165, 1.54) is 11.8 Å². The fraction of sp³-hybridized carbons (Fsp3) is 0.176. The first-order valence-corrected chi connectivity index (χ1v) is 8.24.